The van der Waals surface area contributed by atoms with Gasteiger partial charge in [-0.15, -0.1) is 0 Å². The lowest BCUT2D eigenvalue weighted by Crippen LogP contribution is -2.18. The zero-order valence-corrected chi connectivity index (χ0v) is 12.0. The summed E-state index contributed by atoms with van der Waals surface area (Å²) in [4.78, 5) is 11.8. The Kier molecular flexibility index (Phi) is 4.62. The van der Waals surface area contributed by atoms with Crippen LogP contribution in [0.2, 0.25) is 0 Å². The molecule has 0 fully saturated rings. The molecule has 2 aromatic rings. The molecule has 0 aliphatic carbocycles. The molecule has 3 nitrogen and oxygen atoms in total. The Bertz CT molecular complexity index is 628. The minimum absolute atomic E-state index is 0.322. The molecule has 0 unspecified atom stereocenters. The van der Waals surface area contributed by atoms with Crippen molar-refractivity contribution in [2.24, 2.45) is 5.10 Å². The summed E-state index contributed by atoms with van der Waals surface area (Å²) in [6.45, 7) is 0. The van der Waals surface area contributed by atoms with Crippen molar-refractivity contribution >= 4 is 34.7 Å². The zero-order valence-electron chi connectivity index (χ0n) is 9.81. The second-order valence-corrected chi connectivity index (χ2v) is 4.86. The molecule has 0 aliphatic heterocycles. The van der Waals surface area contributed by atoms with Gasteiger partial charge in [-0.05, 0) is 40.8 Å². The summed E-state index contributed by atoms with van der Waals surface area (Å²) < 4.78 is 14.1. The van der Waals surface area contributed by atoms with Crippen molar-refractivity contribution in [3.05, 3.63) is 69.0 Å². The lowest BCUT2D eigenvalue weighted by Gasteiger charge is -2.02. The molecular weight excluding hydrogens is 358 g/mol. The average molecular weight is 368 g/mol. The number of rotatable bonds is 3. The molecule has 5 heteroatoms. The normalized spacial score (nSPS) is 10.6. The van der Waals surface area contributed by atoms with E-state index >= 15 is 0 Å². The van der Waals surface area contributed by atoms with Gasteiger partial charge >= 0.3 is 0 Å². The molecule has 0 spiro atoms. The Labute approximate surface area is 123 Å². The number of amides is 1. The molecule has 0 saturated carbocycles. The van der Waals surface area contributed by atoms with Crippen molar-refractivity contribution in [3.63, 3.8) is 0 Å². The van der Waals surface area contributed by atoms with E-state index in [9.17, 15) is 9.18 Å². The van der Waals surface area contributed by atoms with Gasteiger partial charge in [0, 0.05) is 9.13 Å². The highest BCUT2D eigenvalue weighted by molar-refractivity contribution is 14.1. The van der Waals surface area contributed by atoms with Crippen LogP contribution in [0, 0.1) is 9.39 Å². The monoisotopic (exact) mass is 368 g/mol. The molecule has 0 radical (unpaired) electrons. The van der Waals surface area contributed by atoms with E-state index in [4.69, 9.17) is 0 Å². The number of nitrogens with one attached hydrogen (secondary N) is 1. The van der Waals surface area contributed by atoms with E-state index in [2.05, 4.69) is 33.1 Å². The van der Waals surface area contributed by atoms with E-state index in [0.29, 0.717) is 11.1 Å². The number of carbonyl (C=O) groups excluding carboxylic acids is 1. The fraction of sp³-hybridized carbons (Fsp3) is 0. The van der Waals surface area contributed by atoms with Gasteiger partial charge in [-0.1, -0.05) is 30.3 Å². The Morgan fingerprint density at radius 2 is 1.84 bits per heavy atom. The number of benzene rings is 2. The van der Waals surface area contributed by atoms with Crippen molar-refractivity contribution in [1.29, 1.82) is 0 Å². The van der Waals surface area contributed by atoms with E-state index < -0.39 is 0 Å². The Hall–Kier alpha value is -1.76. The number of carbonyl (C=O) groups is 1. The lowest BCUT2D eigenvalue weighted by molar-refractivity contribution is 0.0954. The van der Waals surface area contributed by atoms with Crippen molar-refractivity contribution in [3.8, 4) is 0 Å². The minimum atomic E-state index is -0.380. The van der Waals surface area contributed by atoms with E-state index in [1.807, 2.05) is 12.1 Å². The highest BCUT2D eigenvalue weighted by atomic mass is 127. The van der Waals surface area contributed by atoms with Crippen LogP contribution in [0.25, 0.3) is 0 Å². The fourth-order valence-corrected chi connectivity index (χ4v) is 2.08. The minimum Gasteiger partial charge on any atom is -0.267 e. The van der Waals surface area contributed by atoms with E-state index in [-0.39, 0.29) is 11.7 Å². The number of nitrogens with zero attached hydrogens (tertiary/aromatic N) is 1. The van der Waals surface area contributed by atoms with Crippen LogP contribution in [0.5, 0.6) is 0 Å². The maximum Gasteiger partial charge on any atom is 0.272 e. The van der Waals surface area contributed by atoms with Gasteiger partial charge in [0.25, 0.3) is 5.91 Å². The summed E-state index contributed by atoms with van der Waals surface area (Å²) in [5.41, 5.74) is 3.24. The summed E-state index contributed by atoms with van der Waals surface area (Å²) in [5, 5.41) is 3.75. The zero-order chi connectivity index (χ0) is 13.7. The Morgan fingerprint density at radius 3 is 2.58 bits per heavy atom. The molecule has 0 atom stereocenters. The van der Waals surface area contributed by atoms with Gasteiger partial charge in [-0.25, -0.2) is 9.82 Å². The first-order chi connectivity index (χ1) is 9.18. The smallest absolute Gasteiger partial charge is 0.267 e. The van der Waals surface area contributed by atoms with E-state index in [0.717, 1.165) is 3.57 Å². The molecule has 19 heavy (non-hydrogen) atoms. The highest BCUT2D eigenvalue weighted by Crippen LogP contribution is 2.11. The second kappa shape index (κ2) is 6.42. The fourth-order valence-electron chi connectivity index (χ4n) is 1.45. The van der Waals surface area contributed by atoms with E-state index in [1.165, 1.54) is 12.3 Å². The van der Waals surface area contributed by atoms with Crippen molar-refractivity contribution in [1.82, 2.24) is 5.43 Å². The number of hydrogen-bond donors (Lipinski definition) is 1. The van der Waals surface area contributed by atoms with Crippen LogP contribution < -0.4 is 5.43 Å². The van der Waals surface area contributed by atoms with Crippen LogP contribution in [0.4, 0.5) is 4.39 Å². The molecular formula is C14H10FIN2O. The highest BCUT2D eigenvalue weighted by Gasteiger charge is 2.07. The van der Waals surface area contributed by atoms with Crippen molar-refractivity contribution in [2.75, 3.05) is 0 Å². The van der Waals surface area contributed by atoms with Gasteiger partial charge in [0.15, 0.2) is 0 Å². The van der Waals surface area contributed by atoms with Gasteiger partial charge in [0.1, 0.15) is 5.82 Å². The number of hydrogen-bond acceptors (Lipinski definition) is 2. The molecule has 0 heterocycles. The molecule has 0 bridgehead atoms. The first-order valence-corrected chi connectivity index (χ1v) is 6.59. The van der Waals surface area contributed by atoms with Crippen LogP contribution in [0.1, 0.15) is 15.9 Å². The van der Waals surface area contributed by atoms with Gasteiger partial charge in [-0.2, -0.15) is 5.10 Å². The summed E-state index contributed by atoms with van der Waals surface area (Å²) in [7, 11) is 0. The number of halogens is 2. The predicted octanol–water partition coefficient (Wildman–Crippen LogP) is 3.19. The topological polar surface area (TPSA) is 41.5 Å². The third-order valence-corrected chi connectivity index (χ3v) is 3.33. The van der Waals surface area contributed by atoms with Gasteiger partial charge in [-0.3, -0.25) is 4.79 Å². The maximum atomic E-state index is 13.3. The Balaban J connectivity index is 2.06. The first kappa shape index (κ1) is 13.7. The van der Waals surface area contributed by atoms with Crippen LogP contribution in [-0.4, -0.2) is 12.1 Å². The lowest BCUT2D eigenvalue weighted by atomic mass is 10.2. The first-order valence-electron chi connectivity index (χ1n) is 5.51. The van der Waals surface area contributed by atoms with Crippen LogP contribution in [0.3, 0.4) is 0 Å². The van der Waals surface area contributed by atoms with Crippen LogP contribution >= 0.6 is 22.6 Å². The summed E-state index contributed by atoms with van der Waals surface area (Å²) in [5.74, 6) is -0.702. The quantitative estimate of drug-likeness (QED) is 0.505. The molecule has 0 aliphatic rings. The van der Waals surface area contributed by atoms with Crippen molar-refractivity contribution in [2.45, 2.75) is 0 Å². The molecule has 2 aromatic carbocycles. The predicted molar refractivity (Wildman–Crippen MR) is 80.6 cm³/mol. The van der Waals surface area contributed by atoms with Gasteiger partial charge in [0.2, 0.25) is 0 Å². The van der Waals surface area contributed by atoms with Crippen molar-refractivity contribution < 1.29 is 9.18 Å². The molecule has 96 valence electrons. The van der Waals surface area contributed by atoms with E-state index in [1.54, 1.807) is 30.3 Å². The largest absolute Gasteiger partial charge is 0.272 e. The third-order valence-electron chi connectivity index (χ3n) is 2.39. The molecule has 0 saturated heterocycles. The summed E-state index contributed by atoms with van der Waals surface area (Å²) >= 11 is 2.07. The standard InChI is InChI=1S/C14H10FIN2O/c15-12-7-3-1-5-10(12)9-17-18-14(19)11-6-2-4-8-13(11)16/h1-9H,(H,18,19)/b17-9-. The van der Waals surface area contributed by atoms with Crippen LogP contribution in [0.15, 0.2) is 53.6 Å². The number of hydrazone groups is 1. The van der Waals surface area contributed by atoms with Gasteiger partial charge < -0.3 is 0 Å². The summed E-state index contributed by atoms with van der Waals surface area (Å²) in [6.07, 6.45) is 1.28. The SMILES string of the molecule is O=C(N/N=C\c1ccccc1F)c1ccccc1I. The molecule has 2 rings (SSSR count). The maximum absolute atomic E-state index is 13.3. The second-order valence-electron chi connectivity index (χ2n) is 3.70. The molecule has 0 aromatic heterocycles. The molecule has 1 amide bonds. The summed E-state index contributed by atoms with van der Waals surface area (Å²) in [6, 6.07) is 13.4. The van der Waals surface area contributed by atoms with Crippen LogP contribution in [-0.2, 0) is 0 Å². The van der Waals surface area contributed by atoms with Gasteiger partial charge in [0.05, 0.1) is 11.8 Å². The Morgan fingerprint density at radius 1 is 1.16 bits per heavy atom. The molecule has 1 N–H and O–H groups in total. The third kappa shape index (κ3) is 3.60. The average Bonchev–Trinajstić information content (AvgIpc) is 2.41.